The van der Waals surface area contributed by atoms with Crippen molar-refractivity contribution in [3.63, 3.8) is 0 Å². The smallest absolute Gasteiger partial charge is 0.291 e. The number of ether oxygens (including phenoxy) is 1. The van der Waals surface area contributed by atoms with Gasteiger partial charge in [-0.15, -0.1) is 5.26 Å². The maximum absolute atomic E-state index is 12.3. The van der Waals surface area contributed by atoms with E-state index in [1.54, 1.807) is 0 Å². The van der Waals surface area contributed by atoms with E-state index in [1.807, 2.05) is 0 Å². The summed E-state index contributed by atoms with van der Waals surface area (Å²) < 4.78 is 16.8. The first-order chi connectivity index (χ1) is 4.83. The molecule has 0 radical (unpaired) electrons. The zero-order chi connectivity index (χ0) is 7.40. The molecule has 0 heterocycles. The molecule has 10 heavy (non-hydrogen) atoms. The van der Waals surface area contributed by atoms with Gasteiger partial charge in [0.2, 0.25) is 0 Å². The second-order valence-corrected chi connectivity index (χ2v) is 1.94. The number of hydrogen-bond donors (Lipinski definition) is 0. The molecular formula is C7H6FNO. The quantitative estimate of drug-likeness (QED) is 0.520. The molecular weight excluding hydrogens is 133 g/mol. The van der Waals surface area contributed by atoms with Gasteiger partial charge in [0.05, 0.1) is 0 Å². The zero-order valence-electron chi connectivity index (χ0n) is 5.30. The van der Waals surface area contributed by atoms with Crippen molar-refractivity contribution < 1.29 is 9.13 Å². The molecule has 1 aliphatic carbocycles. The van der Waals surface area contributed by atoms with Crippen LogP contribution in [0.3, 0.4) is 0 Å². The van der Waals surface area contributed by atoms with Crippen molar-refractivity contribution in [1.29, 1.82) is 5.26 Å². The van der Waals surface area contributed by atoms with Gasteiger partial charge in [-0.2, -0.15) is 0 Å². The molecule has 0 aromatic carbocycles. The van der Waals surface area contributed by atoms with Crippen LogP contribution in [0.15, 0.2) is 23.7 Å². The highest BCUT2D eigenvalue weighted by atomic mass is 19.1. The van der Waals surface area contributed by atoms with E-state index < -0.39 is 0 Å². The molecule has 1 rings (SSSR count). The van der Waals surface area contributed by atoms with E-state index in [9.17, 15) is 4.39 Å². The number of allylic oxidation sites excluding steroid dienone is 4. The summed E-state index contributed by atoms with van der Waals surface area (Å²) in [6, 6.07) is 0. The summed E-state index contributed by atoms with van der Waals surface area (Å²) in [7, 11) is 0. The van der Waals surface area contributed by atoms with Gasteiger partial charge in [0.15, 0.2) is 0 Å². The van der Waals surface area contributed by atoms with Crippen molar-refractivity contribution in [2.45, 2.75) is 12.8 Å². The lowest BCUT2D eigenvalue weighted by Gasteiger charge is -2.04. The lowest BCUT2D eigenvalue weighted by Crippen LogP contribution is -1.91. The van der Waals surface area contributed by atoms with E-state index in [4.69, 9.17) is 5.26 Å². The average Bonchev–Trinajstić information content (AvgIpc) is 1.95. The second kappa shape index (κ2) is 3.02. The minimum Gasteiger partial charge on any atom is -0.393 e. The molecule has 0 aromatic rings. The predicted molar refractivity (Wildman–Crippen MR) is 33.2 cm³/mol. The lowest BCUT2D eigenvalue weighted by molar-refractivity contribution is 0.348. The van der Waals surface area contributed by atoms with Gasteiger partial charge in [0.25, 0.3) is 6.26 Å². The van der Waals surface area contributed by atoms with Crippen molar-refractivity contribution in [1.82, 2.24) is 0 Å². The van der Waals surface area contributed by atoms with Crippen LogP contribution in [0.5, 0.6) is 0 Å². The van der Waals surface area contributed by atoms with Crippen LogP contribution in [0, 0.1) is 11.5 Å². The van der Waals surface area contributed by atoms with Crippen LogP contribution in [0.4, 0.5) is 4.39 Å². The fourth-order valence-corrected chi connectivity index (χ4v) is 0.736. The zero-order valence-corrected chi connectivity index (χ0v) is 5.30. The van der Waals surface area contributed by atoms with Gasteiger partial charge in [0.1, 0.15) is 11.6 Å². The highest BCUT2D eigenvalue weighted by Crippen LogP contribution is 2.18. The Morgan fingerprint density at radius 1 is 1.50 bits per heavy atom. The Hall–Kier alpha value is -1.30. The molecule has 0 amide bonds. The molecule has 2 nitrogen and oxygen atoms in total. The van der Waals surface area contributed by atoms with Crippen LogP contribution in [-0.4, -0.2) is 0 Å². The third-order valence-electron chi connectivity index (χ3n) is 1.24. The Labute approximate surface area is 58.2 Å². The van der Waals surface area contributed by atoms with Crippen LogP contribution in [0.2, 0.25) is 0 Å². The maximum atomic E-state index is 12.3. The topological polar surface area (TPSA) is 33.0 Å². The van der Waals surface area contributed by atoms with E-state index in [1.165, 1.54) is 18.4 Å². The summed E-state index contributed by atoms with van der Waals surface area (Å²) in [4.78, 5) is 0. The fraction of sp³-hybridized carbons (Fsp3) is 0.286. The van der Waals surface area contributed by atoms with Crippen molar-refractivity contribution in [2.75, 3.05) is 0 Å². The molecule has 0 unspecified atom stereocenters. The molecule has 0 N–H and O–H groups in total. The standard InChI is InChI=1S/C7H6FNO/c8-6-1-3-7(4-2-6)10-5-9/h1,3H,2,4H2. The number of nitriles is 1. The average molecular weight is 139 g/mol. The first-order valence-corrected chi connectivity index (χ1v) is 2.94. The monoisotopic (exact) mass is 139 g/mol. The molecule has 1 aliphatic rings. The van der Waals surface area contributed by atoms with Crippen LogP contribution >= 0.6 is 0 Å². The van der Waals surface area contributed by atoms with Gasteiger partial charge in [-0.3, -0.25) is 0 Å². The van der Waals surface area contributed by atoms with Gasteiger partial charge in [0, 0.05) is 12.8 Å². The molecule has 0 saturated carbocycles. The highest BCUT2D eigenvalue weighted by molar-refractivity contribution is 5.17. The summed E-state index contributed by atoms with van der Waals surface area (Å²) >= 11 is 0. The largest absolute Gasteiger partial charge is 0.393 e. The van der Waals surface area contributed by atoms with Gasteiger partial charge < -0.3 is 4.74 Å². The van der Waals surface area contributed by atoms with Crippen molar-refractivity contribution >= 4 is 0 Å². The summed E-state index contributed by atoms with van der Waals surface area (Å²) in [6.45, 7) is 0. The number of nitrogens with zero attached hydrogens (tertiary/aromatic N) is 1. The van der Waals surface area contributed by atoms with Crippen molar-refractivity contribution in [3.8, 4) is 6.26 Å². The number of rotatable bonds is 1. The van der Waals surface area contributed by atoms with E-state index in [0.717, 1.165) is 0 Å². The fourth-order valence-electron chi connectivity index (χ4n) is 0.736. The normalized spacial score (nSPS) is 16.8. The molecule has 0 aromatic heterocycles. The second-order valence-electron chi connectivity index (χ2n) is 1.94. The van der Waals surface area contributed by atoms with Gasteiger partial charge >= 0.3 is 0 Å². The van der Waals surface area contributed by atoms with Gasteiger partial charge in [-0.1, -0.05) is 0 Å². The molecule has 52 valence electrons. The molecule has 0 aliphatic heterocycles. The van der Waals surface area contributed by atoms with E-state index in [2.05, 4.69) is 4.74 Å². The van der Waals surface area contributed by atoms with Crippen LogP contribution in [0.25, 0.3) is 0 Å². The van der Waals surface area contributed by atoms with Crippen LogP contribution in [-0.2, 0) is 4.74 Å². The Bertz CT molecular complexity index is 224. The Kier molecular flexibility index (Phi) is 2.06. The number of hydrogen-bond acceptors (Lipinski definition) is 2. The van der Waals surface area contributed by atoms with Crippen molar-refractivity contribution in [2.24, 2.45) is 0 Å². The summed E-state index contributed by atoms with van der Waals surface area (Å²) in [5.41, 5.74) is 0. The van der Waals surface area contributed by atoms with Crippen LogP contribution < -0.4 is 0 Å². The van der Waals surface area contributed by atoms with Gasteiger partial charge in [-0.05, 0) is 12.2 Å². The maximum Gasteiger partial charge on any atom is 0.291 e. The minimum absolute atomic E-state index is 0.162. The first kappa shape index (κ1) is 6.81. The van der Waals surface area contributed by atoms with E-state index >= 15 is 0 Å². The lowest BCUT2D eigenvalue weighted by atomic mass is 10.1. The third-order valence-corrected chi connectivity index (χ3v) is 1.24. The minimum atomic E-state index is -0.162. The summed E-state index contributed by atoms with van der Waals surface area (Å²) in [5.74, 6) is 0.370. The molecule has 0 fully saturated rings. The molecule has 0 spiro atoms. The molecule has 0 atom stereocenters. The summed E-state index contributed by atoms with van der Waals surface area (Å²) in [5, 5.41) is 8.06. The summed E-state index contributed by atoms with van der Waals surface area (Å²) in [6.07, 6.45) is 5.14. The number of halogens is 1. The van der Waals surface area contributed by atoms with E-state index in [-0.39, 0.29) is 5.83 Å². The third kappa shape index (κ3) is 1.59. The van der Waals surface area contributed by atoms with Crippen molar-refractivity contribution in [3.05, 3.63) is 23.7 Å². The molecule has 3 heteroatoms. The Morgan fingerprint density at radius 2 is 2.30 bits per heavy atom. The highest BCUT2D eigenvalue weighted by Gasteiger charge is 2.05. The Balaban J connectivity index is 2.57. The molecule has 0 bridgehead atoms. The Morgan fingerprint density at radius 3 is 2.80 bits per heavy atom. The SMILES string of the molecule is N#COC1=CC=C(F)CC1. The molecule has 0 saturated heterocycles. The van der Waals surface area contributed by atoms with Crippen LogP contribution in [0.1, 0.15) is 12.8 Å². The van der Waals surface area contributed by atoms with Gasteiger partial charge in [-0.25, -0.2) is 4.39 Å². The predicted octanol–water partition coefficient (Wildman–Crippen LogP) is 2.02. The van der Waals surface area contributed by atoms with E-state index in [0.29, 0.717) is 18.6 Å². The first-order valence-electron chi connectivity index (χ1n) is 2.94.